The van der Waals surface area contributed by atoms with Crippen LogP contribution in [0.4, 0.5) is 26.3 Å². The van der Waals surface area contributed by atoms with Crippen molar-refractivity contribution in [2.45, 2.75) is 25.7 Å². The second-order valence-corrected chi connectivity index (χ2v) is 3.35. The maximum atomic E-state index is 12.7. The summed E-state index contributed by atoms with van der Waals surface area (Å²) in [6, 6.07) is 0.422. The highest BCUT2D eigenvalue weighted by atomic mass is 19.4. The number of rotatable bonds is 3. The van der Waals surface area contributed by atoms with E-state index in [9.17, 15) is 26.3 Å². The van der Waals surface area contributed by atoms with E-state index in [2.05, 4.69) is 9.72 Å². The molecule has 0 spiro atoms. The van der Waals surface area contributed by atoms with Crippen LogP contribution in [0.2, 0.25) is 0 Å². The average Bonchev–Trinajstić information content (AvgIpc) is 2.24. The van der Waals surface area contributed by atoms with E-state index in [4.69, 9.17) is 10.8 Å². The summed E-state index contributed by atoms with van der Waals surface area (Å²) in [6.07, 6.45) is -10.2. The largest absolute Gasteiger partial charge is 0.574 e. The van der Waals surface area contributed by atoms with Crippen LogP contribution in [-0.2, 0) is 19.3 Å². The quantitative estimate of drug-likeness (QED) is 0.835. The van der Waals surface area contributed by atoms with Gasteiger partial charge in [0, 0.05) is 12.1 Å². The molecule has 3 N–H and O–H groups in total. The standard InChI is InChI=1S/C9H8F6N2O2/c10-8(11,12)6-1-4(3-18)17-7(5(6)2-16)19-9(13,14)15/h1,18H,2-3,16H2. The number of hydrogen-bond acceptors (Lipinski definition) is 4. The number of halogens is 6. The fraction of sp³-hybridized carbons (Fsp3) is 0.444. The summed E-state index contributed by atoms with van der Waals surface area (Å²) in [5.74, 6) is -1.31. The van der Waals surface area contributed by atoms with E-state index in [0.717, 1.165) is 0 Å². The van der Waals surface area contributed by atoms with Gasteiger partial charge in [0.05, 0.1) is 17.9 Å². The fourth-order valence-corrected chi connectivity index (χ4v) is 1.32. The average molecular weight is 290 g/mol. The Morgan fingerprint density at radius 2 is 1.79 bits per heavy atom. The third kappa shape index (κ3) is 3.96. The molecule has 0 fully saturated rings. The molecule has 19 heavy (non-hydrogen) atoms. The van der Waals surface area contributed by atoms with E-state index in [0.29, 0.717) is 6.07 Å². The molecule has 108 valence electrons. The van der Waals surface area contributed by atoms with Gasteiger partial charge < -0.3 is 15.6 Å². The van der Waals surface area contributed by atoms with Crippen molar-refractivity contribution in [3.05, 3.63) is 22.9 Å². The smallest absolute Gasteiger partial charge is 0.390 e. The molecule has 0 aromatic carbocycles. The van der Waals surface area contributed by atoms with E-state index < -0.39 is 48.4 Å². The van der Waals surface area contributed by atoms with E-state index in [-0.39, 0.29) is 0 Å². The van der Waals surface area contributed by atoms with Gasteiger partial charge in [0.2, 0.25) is 5.88 Å². The van der Waals surface area contributed by atoms with Crippen LogP contribution >= 0.6 is 0 Å². The monoisotopic (exact) mass is 290 g/mol. The molecule has 1 aromatic heterocycles. The van der Waals surface area contributed by atoms with Gasteiger partial charge in [-0.1, -0.05) is 0 Å². The Balaban J connectivity index is 3.44. The van der Waals surface area contributed by atoms with Gasteiger partial charge in [0.1, 0.15) is 0 Å². The van der Waals surface area contributed by atoms with Crippen molar-refractivity contribution in [1.29, 1.82) is 0 Å². The lowest BCUT2D eigenvalue weighted by Crippen LogP contribution is -2.22. The van der Waals surface area contributed by atoms with Crippen LogP contribution in [0.5, 0.6) is 5.88 Å². The van der Waals surface area contributed by atoms with Gasteiger partial charge >= 0.3 is 12.5 Å². The van der Waals surface area contributed by atoms with Crippen molar-refractivity contribution in [2.24, 2.45) is 5.73 Å². The molecule has 0 saturated heterocycles. The van der Waals surface area contributed by atoms with E-state index in [1.165, 1.54) is 0 Å². The predicted molar refractivity (Wildman–Crippen MR) is 49.7 cm³/mol. The van der Waals surface area contributed by atoms with Gasteiger partial charge in [-0.3, -0.25) is 0 Å². The zero-order chi connectivity index (χ0) is 14.8. The highest BCUT2D eigenvalue weighted by molar-refractivity contribution is 5.38. The third-order valence-electron chi connectivity index (χ3n) is 2.02. The summed E-state index contributed by atoms with van der Waals surface area (Å²) >= 11 is 0. The van der Waals surface area contributed by atoms with E-state index >= 15 is 0 Å². The summed E-state index contributed by atoms with van der Waals surface area (Å²) in [5, 5.41) is 8.72. The number of pyridine rings is 1. The summed E-state index contributed by atoms with van der Waals surface area (Å²) < 4.78 is 77.6. The Morgan fingerprint density at radius 3 is 2.16 bits per heavy atom. The topological polar surface area (TPSA) is 68.4 Å². The van der Waals surface area contributed by atoms with Gasteiger partial charge in [0.15, 0.2) is 0 Å². The summed E-state index contributed by atoms with van der Waals surface area (Å²) in [5.41, 5.74) is 2.05. The van der Waals surface area contributed by atoms with Crippen molar-refractivity contribution >= 4 is 0 Å². The van der Waals surface area contributed by atoms with Crippen molar-refractivity contribution < 1.29 is 36.2 Å². The Labute approximate surface area is 102 Å². The first kappa shape index (κ1) is 15.5. The van der Waals surface area contributed by atoms with Gasteiger partial charge in [-0.2, -0.15) is 13.2 Å². The Bertz CT molecular complexity index is 457. The molecule has 0 aliphatic rings. The number of alkyl halides is 6. The Hall–Kier alpha value is -1.55. The molecule has 10 heteroatoms. The number of hydrogen-bond donors (Lipinski definition) is 2. The molecule has 1 rings (SSSR count). The maximum absolute atomic E-state index is 12.7. The third-order valence-corrected chi connectivity index (χ3v) is 2.02. The molecule has 0 aliphatic heterocycles. The van der Waals surface area contributed by atoms with Gasteiger partial charge in [-0.15, -0.1) is 13.2 Å². The summed E-state index contributed by atoms with van der Waals surface area (Å²) in [4.78, 5) is 3.15. The fourth-order valence-electron chi connectivity index (χ4n) is 1.32. The molecular weight excluding hydrogens is 282 g/mol. The van der Waals surface area contributed by atoms with Crippen molar-refractivity contribution in [2.75, 3.05) is 0 Å². The first-order valence-electron chi connectivity index (χ1n) is 4.75. The number of aliphatic hydroxyl groups excluding tert-OH is 1. The lowest BCUT2D eigenvalue weighted by Gasteiger charge is -2.17. The second-order valence-electron chi connectivity index (χ2n) is 3.35. The minimum absolute atomic E-state index is 0.422. The predicted octanol–water partition coefficient (Wildman–Crippen LogP) is 1.95. The first-order chi connectivity index (χ1) is 8.58. The van der Waals surface area contributed by atoms with E-state index in [1.54, 1.807) is 0 Å². The zero-order valence-electron chi connectivity index (χ0n) is 9.14. The van der Waals surface area contributed by atoms with Crippen molar-refractivity contribution in [3.8, 4) is 5.88 Å². The molecule has 0 amide bonds. The molecular formula is C9H8F6N2O2. The Morgan fingerprint density at radius 1 is 1.21 bits per heavy atom. The number of nitrogens with zero attached hydrogens (tertiary/aromatic N) is 1. The minimum Gasteiger partial charge on any atom is -0.390 e. The molecule has 1 heterocycles. The van der Waals surface area contributed by atoms with Crippen molar-refractivity contribution in [1.82, 2.24) is 4.98 Å². The normalized spacial score (nSPS) is 12.6. The van der Waals surface area contributed by atoms with Crippen LogP contribution in [0.3, 0.4) is 0 Å². The molecule has 0 bridgehead atoms. The molecule has 0 aliphatic carbocycles. The summed E-state index contributed by atoms with van der Waals surface area (Å²) in [6.45, 7) is -1.82. The first-order valence-corrected chi connectivity index (χ1v) is 4.75. The van der Waals surface area contributed by atoms with Crippen molar-refractivity contribution in [3.63, 3.8) is 0 Å². The highest BCUT2D eigenvalue weighted by Gasteiger charge is 2.39. The lowest BCUT2D eigenvalue weighted by molar-refractivity contribution is -0.276. The number of aromatic nitrogens is 1. The number of ether oxygens (including phenoxy) is 1. The van der Waals surface area contributed by atoms with Gasteiger partial charge in [-0.05, 0) is 6.07 Å². The minimum atomic E-state index is -5.21. The van der Waals surface area contributed by atoms with Crippen LogP contribution in [0.1, 0.15) is 16.8 Å². The van der Waals surface area contributed by atoms with Crippen LogP contribution in [0.25, 0.3) is 0 Å². The van der Waals surface area contributed by atoms with Crippen LogP contribution in [0, 0.1) is 0 Å². The molecule has 0 radical (unpaired) electrons. The highest BCUT2D eigenvalue weighted by Crippen LogP contribution is 2.37. The van der Waals surface area contributed by atoms with Gasteiger partial charge in [0.25, 0.3) is 0 Å². The second kappa shape index (κ2) is 5.21. The van der Waals surface area contributed by atoms with E-state index in [1.807, 2.05) is 0 Å². The number of aliphatic hydroxyl groups is 1. The number of nitrogens with two attached hydrogens (primary N) is 1. The van der Waals surface area contributed by atoms with Crippen LogP contribution in [0.15, 0.2) is 6.07 Å². The van der Waals surface area contributed by atoms with Crippen LogP contribution in [-0.4, -0.2) is 16.5 Å². The molecule has 1 aromatic rings. The molecule has 0 saturated carbocycles. The zero-order valence-corrected chi connectivity index (χ0v) is 9.14. The van der Waals surface area contributed by atoms with Crippen LogP contribution < -0.4 is 10.5 Å². The molecule has 4 nitrogen and oxygen atoms in total. The SMILES string of the molecule is NCc1c(C(F)(F)F)cc(CO)nc1OC(F)(F)F. The Kier molecular flexibility index (Phi) is 4.25. The maximum Gasteiger partial charge on any atom is 0.574 e. The lowest BCUT2D eigenvalue weighted by atomic mass is 10.1. The molecule has 0 unspecified atom stereocenters. The summed E-state index contributed by atoms with van der Waals surface area (Å²) in [7, 11) is 0. The molecule has 0 atom stereocenters. The van der Waals surface area contributed by atoms with Gasteiger partial charge in [-0.25, -0.2) is 4.98 Å².